The average molecular weight is 203 g/mol. The normalized spacial score (nSPS) is 11.0. The Balaban J connectivity index is 2.49. The Hall–Kier alpha value is -1.40. The topological polar surface area (TPSA) is 48.7 Å². The first-order chi connectivity index (χ1) is 7.17. The van der Waals surface area contributed by atoms with E-state index in [4.69, 9.17) is 5.26 Å². The molecule has 0 radical (unpaired) electrons. The van der Waals surface area contributed by atoms with E-state index in [1.54, 1.807) is 0 Å². The van der Waals surface area contributed by atoms with E-state index in [0.717, 1.165) is 18.8 Å². The van der Waals surface area contributed by atoms with Gasteiger partial charge in [0, 0.05) is 36.8 Å². The highest BCUT2D eigenvalue weighted by molar-refractivity contribution is 5.14. The minimum atomic E-state index is 0.0106. The summed E-state index contributed by atoms with van der Waals surface area (Å²) in [7, 11) is 0. The largest absolute Gasteiger partial charge is 0.315 e. The molecule has 3 nitrogen and oxygen atoms in total. The molecule has 0 amide bonds. The quantitative estimate of drug-likeness (QED) is 0.743. The summed E-state index contributed by atoms with van der Waals surface area (Å²) >= 11 is 0. The molecule has 0 spiro atoms. The summed E-state index contributed by atoms with van der Waals surface area (Å²) in [6.45, 7) is 5.88. The van der Waals surface area contributed by atoms with Crippen LogP contribution in [-0.2, 0) is 5.41 Å². The lowest BCUT2D eigenvalue weighted by Crippen LogP contribution is -2.34. The third kappa shape index (κ3) is 3.69. The van der Waals surface area contributed by atoms with Gasteiger partial charge in [0.15, 0.2) is 0 Å². The number of hydrogen-bond acceptors (Lipinski definition) is 3. The molecule has 1 heterocycles. The van der Waals surface area contributed by atoms with Gasteiger partial charge >= 0.3 is 0 Å². The Labute approximate surface area is 91.1 Å². The Kier molecular flexibility index (Phi) is 4.26. The van der Waals surface area contributed by atoms with Crippen LogP contribution in [0.15, 0.2) is 24.4 Å². The van der Waals surface area contributed by atoms with Crippen LogP contribution in [0.4, 0.5) is 0 Å². The first-order valence-electron chi connectivity index (χ1n) is 5.16. The summed E-state index contributed by atoms with van der Waals surface area (Å²) in [6.07, 6.45) is 2.37. The molecule has 1 aromatic rings. The second-order valence-corrected chi connectivity index (χ2v) is 4.18. The molecule has 0 aliphatic carbocycles. The van der Waals surface area contributed by atoms with Gasteiger partial charge in [0.1, 0.15) is 0 Å². The van der Waals surface area contributed by atoms with Crippen LogP contribution in [0.1, 0.15) is 26.0 Å². The number of aromatic nitrogens is 1. The van der Waals surface area contributed by atoms with Crippen molar-refractivity contribution in [2.24, 2.45) is 0 Å². The molecule has 1 N–H and O–H groups in total. The number of hydrogen-bond donors (Lipinski definition) is 1. The van der Waals surface area contributed by atoms with Crippen molar-refractivity contribution in [3.05, 3.63) is 30.1 Å². The predicted octanol–water partition coefficient (Wildman–Crippen LogP) is 1.86. The van der Waals surface area contributed by atoms with E-state index in [9.17, 15) is 0 Å². The van der Waals surface area contributed by atoms with Crippen LogP contribution >= 0.6 is 0 Å². The molecule has 0 fully saturated rings. The van der Waals surface area contributed by atoms with Crippen molar-refractivity contribution in [2.75, 3.05) is 13.1 Å². The summed E-state index contributed by atoms with van der Waals surface area (Å²) in [5.74, 6) is 0. The molecule has 1 rings (SSSR count). The van der Waals surface area contributed by atoms with E-state index in [1.807, 2.05) is 24.4 Å². The zero-order valence-corrected chi connectivity index (χ0v) is 9.33. The minimum Gasteiger partial charge on any atom is -0.315 e. The van der Waals surface area contributed by atoms with Crippen molar-refractivity contribution in [3.63, 3.8) is 0 Å². The van der Waals surface area contributed by atoms with Crippen molar-refractivity contribution >= 4 is 0 Å². The Morgan fingerprint density at radius 2 is 2.27 bits per heavy atom. The third-order valence-corrected chi connectivity index (χ3v) is 2.34. The Bertz CT molecular complexity index is 324. The van der Waals surface area contributed by atoms with Crippen molar-refractivity contribution in [1.29, 1.82) is 5.26 Å². The average Bonchev–Trinajstić information content (AvgIpc) is 2.26. The van der Waals surface area contributed by atoms with Crippen LogP contribution in [0, 0.1) is 11.3 Å². The highest BCUT2D eigenvalue weighted by Gasteiger charge is 2.20. The van der Waals surface area contributed by atoms with Gasteiger partial charge in [-0.15, -0.1) is 0 Å². The van der Waals surface area contributed by atoms with Crippen LogP contribution in [0.25, 0.3) is 0 Å². The molecule has 80 valence electrons. The van der Waals surface area contributed by atoms with Gasteiger partial charge in [-0.05, 0) is 12.1 Å². The lowest BCUT2D eigenvalue weighted by molar-refractivity contribution is 0.461. The summed E-state index contributed by atoms with van der Waals surface area (Å²) in [5, 5.41) is 11.7. The van der Waals surface area contributed by atoms with Crippen LogP contribution in [0.5, 0.6) is 0 Å². The molecule has 0 aromatic carbocycles. The maximum Gasteiger partial charge on any atom is 0.0635 e. The molecule has 0 atom stereocenters. The van der Waals surface area contributed by atoms with Gasteiger partial charge in [-0.2, -0.15) is 5.26 Å². The number of nitrogens with one attached hydrogen (secondary N) is 1. The van der Waals surface area contributed by atoms with Gasteiger partial charge in [0.2, 0.25) is 0 Å². The van der Waals surface area contributed by atoms with Gasteiger partial charge < -0.3 is 5.32 Å². The second kappa shape index (κ2) is 5.47. The second-order valence-electron chi connectivity index (χ2n) is 4.18. The SMILES string of the molecule is CC(C)(CNCCC#N)c1ccccn1. The van der Waals surface area contributed by atoms with Crippen molar-refractivity contribution < 1.29 is 0 Å². The Morgan fingerprint density at radius 3 is 2.87 bits per heavy atom. The number of rotatable bonds is 5. The molecule has 3 heteroatoms. The summed E-state index contributed by atoms with van der Waals surface area (Å²) < 4.78 is 0. The predicted molar refractivity (Wildman–Crippen MR) is 60.4 cm³/mol. The minimum absolute atomic E-state index is 0.0106. The maximum absolute atomic E-state index is 8.41. The van der Waals surface area contributed by atoms with Crippen LogP contribution < -0.4 is 5.32 Å². The van der Waals surface area contributed by atoms with Gasteiger partial charge in [0.05, 0.1) is 6.07 Å². The number of nitriles is 1. The monoisotopic (exact) mass is 203 g/mol. The van der Waals surface area contributed by atoms with Gasteiger partial charge in [0.25, 0.3) is 0 Å². The van der Waals surface area contributed by atoms with Gasteiger partial charge in [-0.1, -0.05) is 19.9 Å². The van der Waals surface area contributed by atoms with E-state index in [1.165, 1.54) is 0 Å². The fourth-order valence-electron chi connectivity index (χ4n) is 1.40. The summed E-state index contributed by atoms with van der Waals surface area (Å²) in [5.41, 5.74) is 1.09. The van der Waals surface area contributed by atoms with Crippen LogP contribution in [0.3, 0.4) is 0 Å². The molecule has 0 bridgehead atoms. The number of nitrogens with zero attached hydrogens (tertiary/aromatic N) is 2. The fourth-order valence-corrected chi connectivity index (χ4v) is 1.40. The van der Waals surface area contributed by atoms with E-state index in [2.05, 4.69) is 30.2 Å². The van der Waals surface area contributed by atoms with E-state index in [-0.39, 0.29) is 5.41 Å². The molecule has 15 heavy (non-hydrogen) atoms. The first-order valence-corrected chi connectivity index (χ1v) is 5.16. The zero-order chi connectivity index (χ0) is 11.1. The molecule has 0 aliphatic rings. The van der Waals surface area contributed by atoms with Crippen molar-refractivity contribution in [3.8, 4) is 6.07 Å². The smallest absolute Gasteiger partial charge is 0.0635 e. The number of pyridine rings is 1. The molecule has 0 unspecified atom stereocenters. The Morgan fingerprint density at radius 1 is 1.47 bits per heavy atom. The van der Waals surface area contributed by atoms with Gasteiger partial charge in [-0.25, -0.2) is 0 Å². The molecule has 1 aromatic heterocycles. The molecular formula is C12H17N3. The van der Waals surface area contributed by atoms with Crippen molar-refractivity contribution in [2.45, 2.75) is 25.7 Å². The first kappa shape index (κ1) is 11.7. The molecule has 0 saturated carbocycles. The zero-order valence-electron chi connectivity index (χ0n) is 9.33. The van der Waals surface area contributed by atoms with E-state index < -0.39 is 0 Å². The lowest BCUT2D eigenvalue weighted by Gasteiger charge is -2.24. The summed E-state index contributed by atoms with van der Waals surface area (Å²) in [6, 6.07) is 8.07. The van der Waals surface area contributed by atoms with Crippen LogP contribution in [-0.4, -0.2) is 18.1 Å². The maximum atomic E-state index is 8.41. The van der Waals surface area contributed by atoms with Crippen molar-refractivity contribution in [1.82, 2.24) is 10.3 Å². The molecule has 0 saturated heterocycles. The summed E-state index contributed by atoms with van der Waals surface area (Å²) in [4.78, 5) is 4.34. The van der Waals surface area contributed by atoms with Crippen LogP contribution in [0.2, 0.25) is 0 Å². The standard InChI is InChI=1S/C12H17N3/c1-12(2,10-14-8-5-7-13)11-6-3-4-9-15-11/h3-4,6,9,14H,5,8,10H2,1-2H3. The molecular weight excluding hydrogens is 186 g/mol. The van der Waals surface area contributed by atoms with Gasteiger partial charge in [-0.3, -0.25) is 4.98 Å². The highest BCUT2D eigenvalue weighted by atomic mass is 14.9. The van der Waals surface area contributed by atoms with E-state index in [0.29, 0.717) is 6.42 Å². The molecule has 0 aliphatic heterocycles. The fraction of sp³-hybridized carbons (Fsp3) is 0.500. The highest BCUT2D eigenvalue weighted by Crippen LogP contribution is 2.19. The third-order valence-electron chi connectivity index (χ3n) is 2.34. The van der Waals surface area contributed by atoms with E-state index >= 15 is 0 Å². The lowest BCUT2D eigenvalue weighted by atomic mass is 9.89.